The lowest BCUT2D eigenvalue weighted by Gasteiger charge is -2.10. The summed E-state index contributed by atoms with van der Waals surface area (Å²) >= 11 is 0. The molecule has 1 N–H and O–H groups in total. The zero-order chi connectivity index (χ0) is 11.4. The van der Waals surface area contributed by atoms with Crippen LogP contribution in [0.4, 0.5) is 0 Å². The summed E-state index contributed by atoms with van der Waals surface area (Å²) in [7, 11) is 1.97. The van der Waals surface area contributed by atoms with Gasteiger partial charge < -0.3 is 5.32 Å². The molecule has 1 heteroatoms. The lowest BCUT2D eigenvalue weighted by molar-refractivity contribution is 0.630. The summed E-state index contributed by atoms with van der Waals surface area (Å²) in [5.41, 5.74) is 1.28. The van der Waals surface area contributed by atoms with Gasteiger partial charge in [-0.3, -0.25) is 0 Å². The average molecular weight is 195 g/mol. The van der Waals surface area contributed by atoms with Crippen LogP contribution in [0.15, 0.2) is 36.5 Å². The molecule has 0 radical (unpaired) electrons. The highest BCUT2D eigenvalue weighted by Gasteiger charge is 2.01. The van der Waals surface area contributed by atoms with Gasteiger partial charge in [0, 0.05) is 6.54 Å². The molecule has 1 nitrogen and oxygen atoms in total. The predicted octanol–water partition coefficient (Wildman–Crippen LogP) is 3.56. The maximum absolute atomic E-state index is 3.79. The minimum absolute atomic E-state index is 0.531. The van der Waals surface area contributed by atoms with E-state index < -0.39 is 0 Å². The summed E-state index contributed by atoms with van der Waals surface area (Å²) in [6.07, 6.45) is 8.09. The number of hydrogen-bond donors (Lipinski definition) is 1. The van der Waals surface area contributed by atoms with Gasteiger partial charge in [-0.2, -0.15) is 0 Å². The molecule has 1 atom stereocenters. The van der Waals surface area contributed by atoms with E-state index >= 15 is 0 Å². The van der Waals surface area contributed by atoms with Crippen LogP contribution in [0.2, 0.25) is 0 Å². The Morgan fingerprint density at radius 3 is 2.36 bits per heavy atom. The quantitative estimate of drug-likeness (QED) is 0.661. The zero-order valence-electron chi connectivity index (χ0n) is 10.3. The van der Waals surface area contributed by atoms with E-state index in [4.69, 9.17) is 0 Å². The normalized spacial score (nSPS) is 13.4. The van der Waals surface area contributed by atoms with Gasteiger partial charge in [0.1, 0.15) is 0 Å². The van der Waals surface area contributed by atoms with Crippen LogP contribution in [0.3, 0.4) is 0 Å². The molecule has 0 fully saturated rings. The second-order valence-electron chi connectivity index (χ2n) is 2.86. The van der Waals surface area contributed by atoms with Gasteiger partial charge >= 0.3 is 0 Å². The van der Waals surface area contributed by atoms with Gasteiger partial charge in [-0.25, -0.2) is 0 Å². The van der Waals surface area contributed by atoms with Crippen LogP contribution < -0.4 is 5.32 Å². The Morgan fingerprint density at radius 1 is 1.43 bits per heavy atom. The second-order valence-corrected chi connectivity index (χ2v) is 2.86. The van der Waals surface area contributed by atoms with Crippen molar-refractivity contribution in [3.8, 4) is 0 Å². The molecule has 0 unspecified atom stereocenters. The van der Waals surface area contributed by atoms with Crippen LogP contribution in [-0.2, 0) is 0 Å². The number of rotatable bonds is 5. The third kappa shape index (κ3) is 7.81. The molecule has 0 spiro atoms. The van der Waals surface area contributed by atoms with Crippen molar-refractivity contribution in [2.45, 2.75) is 27.7 Å². The van der Waals surface area contributed by atoms with E-state index in [1.165, 1.54) is 5.57 Å². The highest BCUT2D eigenvalue weighted by molar-refractivity contribution is 5.24. The molecule has 0 aromatic rings. The summed E-state index contributed by atoms with van der Waals surface area (Å²) in [6, 6.07) is 0. The maximum Gasteiger partial charge on any atom is 0.00144 e. The van der Waals surface area contributed by atoms with Gasteiger partial charge in [0.25, 0.3) is 0 Å². The number of nitrogens with one attached hydrogen (secondary N) is 1. The van der Waals surface area contributed by atoms with E-state index in [1.54, 1.807) is 0 Å². The van der Waals surface area contributed by atoms with Crippen molar-refractivity contribution in [3.63, 3.8) is 0 Å². The third-order valence-electron chi connectivity index (χ3n) is 1.80. The summed E-state index contributed by atoms with van der Waals surface area (Å²) in [5.74, 6) is 0.531. The Kier molecular flexibility index (Phi) is 13.6. The summed E-state index contributed by atoms with van der Waals surface area (Å²) in [4.78, 5) is 0. The first kappa shape index (κ1) is 15.6. The molecule has 0 heterocycles. The van der Waals surface area contributed by atoms with Crippen LogP contribution in [-0.4, -0.2) is 13.6 Å². The fourth-order valence-electron chi connectivity index (χ4n) is 1.06. The highest BCUT2D eigenvalue weighted by atomic mass is 14.8. The Bertz CT molecular complexity index is 178. The van der Waals surface area contributed by atoms with Gasteiger partial charge in [-0.1, -0.05) is 51.7 Å². The summed E-state index contributed by atoms with van der Waals surface area (Å²) in [6.45, 7) is 13.0. The molecular weight excluding hydrogens is 170 g/mol. The van der Waals surface area contributed by atoms with Crippen LogP contribution >= 0.6 is 0 Å². The van der Waals surface area contributed by atoms with E-state index in [9.17, 15) is 0 Å². The maximum atomic E-state index is 3.79. The fraction of sp³-hybridized carbons (Fsp3) is 0.538. The minimum atomic E-state index is 0.531. The Hall–Kier alpha value is -0.820. The van der Waals surface area contributed by atoms with Crippen LogP contribution in [0.25, 0.3) is 0 Å². The lowest BCUT2D eigenvalue weighted by atomic mass is 10.0. The molecule has 0 bridgehead atoms. The molecule has 0 aliphatic rings. The third-order valence-corrected chi connectivity index (χ3v) is 1.80. The van der Waals surface area contributed by atoms with Crippen LogP contribution in [0.1, 0.15) is 27.7 Å². The SMILES string of the molecule is C=C/C(=C\C=C/C)[C@H](C)CNC.CC. The first-order valence-electron chi connectivity index (χ1n) is 5.36. The van der Waals surface area contributed by atoms with Crippen LogP contribution in [0.5, 0.6) is 0 Å². The van der Waals surface area contributed by atoms with E-state index in [0.717, 1.165) is 6.54 Å². The molecule has 0 amide bonds. The molecule has 82 valence electrons. The van der Waals surface area contributed by atoms with Crippen molar-refractivity contribution in [3.05, 3.63) is 36.5 Å². The largest absolute Gasteiger partial charge is 0.319 e. The molecule has 0 aromatic carbocycles. The average Bonchev–Trinajstić information content (AvgIpc) is 2.22. The highest BCUT2D eigenvalue weighted by Crippen LogP contribution is 2.10. The summed E-state index contributed by atoms with van der Waals surface area (Å²) in [5, 5.41) is 3.15. The molecule has 0 rings (SSSR count). The Labute approximate surface area is 89.6 Å². The van der Waals surface area contributed by atoms with Crippen molar-refractivity contribution in [2.75, 3.05) is 13.6 Å². The number of hydrogen-bond acceptors (Lipinski definition) is 1. The van der Waals surface area contributed by atoms with Crippen molar-refractivity contribution in [1.29, 1.82) is 0 Å². The number of allylic oxidation sites excluding steroid dienone is 4. The van der Waals surface area contributed by atoms with Crippen molar-refractivity contribution >= 4 is 0 Å². The molecule has 0 aliphatic heterocycles. The van der Waals surface area contributed by atoms with Gasteiger partial charge in [0.05, 0.1) is 0 Å². The molecule has 0 saturated carbocycles. The second kappa shape index (κ2) is 12.2. The minimum Gasteiger partial charge on any atom is -0.319 e. The molecule has 0 aromatic heterocycles. The van der Waals surface area contributed by atoms with Crippen molar-refractivity contribution in [2.24, 2.45) is 5.92 Å². The van der Waals surface area contributed by atoms with Gasteiger partial charge in [0.2, 0.25) is 0 Å². The smallest absolute Gasteiger partial charge is 0.00144 e. The summed E-state index contributed by atoms with van der Waals surface area (Å²) < 4.78 is 0. The fourth-order valence-corrected chi connectivity index (χ4v) is 1.06. The Morgan fingerprint density at radius 2 is 2.00 bits per heavy atom. The first-order chi connectivity index (χ1) is 6.76. The molecular formula is C13H25N. The topological polar surface area (TPSA) is 12.0 Å². The van der Waals surface area contributed by atoms with Gasteiger partial charge in [0.15, 0.2) is 0 Å². The molecule has 14 heavy (non-hydrogen) atoms. The van der Waals surface area contributed by atoms with Crippen molar-refractivity contribution in [1.82, 2.24) is 5.32 Å². The van der Waals surface area contributed by atoms with Crippen molar-refractivity contribution < 1.29 is 0 Å². The van der Waals surface area contributed by atoms with E-state index in [1.807, 2.05) is 46.0 Å². The first-order valence-corrected chi connectivity index (χ1v) is 5.36. The standard InChI is InChI=1S/C11H19N.C2H6/c1-5-7-8-11(6-2)10(3)9-12-4;1-2/h5-8,10,12H,2,9H2,1,3-4H3;1-2H3/b7-5-,11-8+;/t10-;/m1./s1. The predicted molar refractivity (Wildman–Crippen MR) is 67.5 cm³/mol. The van der Waals surface area contributed by atoms with Gasteiger partial charge in [-0.15, -0.1) is 0 Å². The molecule has 0 saturated heterocycles. The zero-order valence-corrected chi connectivity index (χ0v) is 10.3. The molecule has 0 aliphatic carbocycles. The van der Waals surface area contributed by atoms with E-state index in [-0.39, 0.29) is 0 Å². The van der Waals surface area contributed by atoms with Gasteiger partial charge in [-0.05, 0) is 25.5 Å². The lowest BCUT2D eigenvalue weighted by Crippen LogP contribution is -2.17. The monoisotopic (exact) mass is 195 g/mol. The van der Waals surface area contributed by atoms with E-state index in [0.29, 0.717) is 5.92 Å². The Balaban J connectivity index is 0. The van der Waals surface area contributed by atoms with Crippen LogP contribution in [0, 0.1) is 5.92 Å². The van der Waals surface area contributed by atoms with E-state index in [2.05, 4.69) is 24.9 Å².